The molecule has 0 radical (unpaired) electrons. The molecule has 2 unspecified atom stereocenters. The molecule has 0 aromatic heterocycles. The van der Waals surface area contributed by atoms with Crippen LogP contribution in [0.5, 0.6) is 0 Å². The van der Waals surface area contributed by atoms with Gasteiger partial charge in [-0.2, -0.15) is 0 Å². The molecule has 1 saturated heterocycles. The fraction of sp³-hybridized carbons (Fsp3) is 0.400. The van der Waals surface area contributed by atoms with Crippen LogP contribution in [-0.4, -0.2) is 22.8 Å². The third-order valence-corrected chi connectivity index (χ3v) is 4.14. The summed E-state index contributed by atoms with van der Waals surface area (Å²) in [6, 6.07) is 9.71. The second-order valence-electron chi connectivity index (χ2n) is 5.53. The van der Waals surface area contributed by atoms with Crippen LogP contribution in [0.2, 0.25) is 0 Å². The van der Waals surface area contributed by atoms with Crippen LogP contribution < -0.4 is 0 Å². The Morgan fingerprint density at radius 1 is 1.20 bits per heavy atom. The van der Waals surface area contributed by atoms with Crippen molar-refractivity contribution in [1.82, 2.24) is 5.06 Å². The van der Waals surface area contributed by atoms with Crippen LogP contribution in [0.15, 0.2) is 30.3 Å². The average molecular weight is 273 g/mol. The van der Waals surface area contributed by atoms with Gasteiger partial charge in [0.05, 0.1) is 5.92 Å². The molecule has 2 atom stereocenters. The molecule has 1 aromatic rings. The summed E-state index contributed by atoms with van der Waals surface area (Å²) >= 11 is 0. The minimum absolute atomic E-state index is 0.118. The summed E-state index contributed by atoms with van der Waals surface area (Å²) < 4.78 is 0. The Balaban J connectivity index is 1.69. The van der Waals surface area contributed by atoms with E-state index in [9.17, 15) is 14.4 Å². The summed E-state index contributed by atoms with van der Waals surface area (Å²) in [5.41, 5.74) is 0.811. The van der Waals surface area contributed by atoms with E-state index >= 15 is 0 Å². The van der Waals surface area contributed by atoms with Gasteiger partial charge >= 0.3 is 5.97 Å². The van der Waals surface area contributed by atoms with Crippen LogP contribution >= 0.6 is 0 Å². The molecule has 0 N–H and O–H groups in total. The Hall–Kier alpha value is -2.17. The molecule has 104 valence electrons. The van der Waals surface area contributed by atoms with E-state index in [0.29, 0.717) is 11.5 Å². The summed E-state index contributed by atoms with van der Waals surface area (Å²) in [6.07, 6.45) is 0.908. The van der Waals surface area contributed by atoms with Crippen LogP contribution in [-0.2, 0) is 24.6 Å². The molecule has 2 fully saturated rings. The van der Waals surface area contributed by atoms with Gasteiger partial charge in [-0.25, -0.2) is 4.79 Å². The number of rotatable bonds is 3. The van der Waals surface area contributed by atoms with Crippen molar-refractivity contribution in [2.75, 3.05) is 0 Å². The molecule has 5 nitrogen and oxygen atoms in total. The van der Waals surface area contributed by atoms with Gasteiger partial charge in [0.2, 0.25) is 0 Å². The van der Waals surface area contributed by atoms with Gasteiger partial charge < -0.3 is 4.84 Å². The van der Waals surface area contributed by atoms with Gasteiger partial charge in [-0.15, -0.1) is 5.06 Å². The lowest BCUT2D eigenvalue weighted by molar-refractivity contribution is -0.198. The maximum atomic E-state index is 12.1. The van der Waals surface area contributed by atoms with E-state index in [-0.39, 0.29) is 24.2 Å². The van der Waals surface area contributed by atoms with E-state index < -0.39 is 17.8 Å². The number of carbonyl (C=O) groups excluding carboxylic acids is 3. The first kappa shape index (κ1) is 12.8. The quantitative estimate of drug-likeness (QED) is 0.784. The van der Waals surface area contributed by atoms with Gasteiger partial charge in [0.25, 0.3) is 11.8 Å². The number of carbonyl (C=O) groups is 3. The zero-order valence-corrected chi connectivity index (χ0v) is 11.2. The molecular formula is C15H15NO4. The highest BCUT2D eigenvalue weighted by atomic mass is 16.7. The maximum Gasteiger partial charge on any atom is 0.337 e. The van der Waals surface area contributed by atoms with E-state index in [0.717, 1.165) is 5.56 Å². The molecule has 2 aliphatic rings. The predicted molar refractivity (Wildman–Crippen MR) is 69.1 cm³/mol. The SMILES string of the molecule is CC1(c2ccccc2)CC1C(=O)ON1C(=O)CCC1=O. The van der Waals surface area contributed by atoms with E-state index in [1.165, 1.54) is 0 Å². The van der Waals surface area contributed by atoms with Gasteiger partial charge in [0.15, 0.2) is 0 Å². The molecule has 5 heteroatoms. The number of nitrogens with zero attached hydrogens (tertiary/aromatic N) is 1. The Morgan fingerprint density at radius 2 is 1.80 bits per heavy atom. The zero-order chi connectivity index (χ0) is 14.3. The van der Waals surface area contributed by atoms with Crippen molar-refractivity contribution >= 4 is 17.8 Å². The summed E-state index contributed by atoms with van der Waals surface area (Å²) in [7, 11) is 0. The number of hydrogen-bond acceptors (Lipinski definition) is 4. The number of amides is 2. The second kappa shape index (κ2) is 4.44. The molecule has 0 spiro atoms. The second-order valence-corrected chi connectivity index (χ2v) is 5.53. The molecule has 3 rings (SSSR count). The van der Waals surface area contributed by atoms with Crippen molar-refractivity contribution in [2.45, 2.75) is 31.6 Å². The monoisotopic (exact) mass is 273 g/mol. The van der Waals surface area contributed by atoms with Crippen molar-refractivity contribution in [3.05, 3.63) is 35.9 Å². The number of hydroxylamine groups is 2. The Kier molecular flexibility index (Phi) is 2.85. The van der Waals surface area contributed by atoms with Crippen LogP contribution in [0.3, 0.4) is 0 Å². The highest BCUT2D eigenvalue weighted by Crippen LogP contribution is 2.54. The summed E-state index contributed by atoms with van der Waals surface area (Å²) in [5.74, 6) is -1.68. The summed E-state index contributed by atoms with van der Waals surface area (Å²) in [6.45, 7) is 1.99. The molecule has 0 bridgehead atoms. The molecule has 20 heavy (non-hydrogen) atoms. The standard InChI is InChI=1S/C15H15NO4/c1-15(10-5-3-2-4-6-10)9-11(15)14(19)20-16-12(17)7-8-13(16)18/h2-6,11H,7-9H2,1H3. The van der Waals surface area contributed by atoms with Gasteiger partial charge in [0, 0.05) is 18.3 Å². The number of imide groups is 1. The number of benzene rings is 1. The van der Waals surface area contributed by atoms with E-state index in [4.69, 9.17) is 4.84 Å². The molecule has 1 saturated carbocycles. The molecule has 1 aromatic carbocycles. The minimum atomic E-state index is -0.500. The van der Waals surface area contributed by atoms with Crippen molar-refractivity contribution in [3.63, 3.8) is 0 Å². The Bertz CT molecular complexity index is 567. The van der Waals surface area contributed by atoms with E-state index in [2.05, 4.69) is 0 Å². The van der Waals surface area contributed by atoms with Gasteiger partial charge in [0.1, 0.15) is 0 Å². The summed E-state index contributed by atoms with van der Waals surface area (Å²) in [5, 5.41) is 0.617. The third kappa shape index (κ3) is 1.99. The van der Waals surface area contributed by atoms with Crippen LogP contribution in [0.25, 0.3) is 0 Å². The third-order valence-electron chi connectivity index (χ3n) is 4.14. The van der Waals surface area contributed by atoms with Crippen molar-refractivity contribution < 1.29 is 19.2 Å². The molecule has 2 amide bonds. The lowest BCUT2D eigenvalue weighted by atomic mass is 9.96. The highest BCUT2D eigenvalue weighted by molar-refractivity contribution is 6.01. The summed E-state index contributed by atoms with van der Waals surface area (Å²) in [4.78, 5) is 39.9. The molecule has 1 aliphatic heterocycles. The van der Waals surface area contributed by atoms with E-state index in [1.807, 2.05) is 37.3 Å². The Labute approximate surface area is 116 Å². The van der Waals surface area contributed by atoms with Crippen LogP contribution in [0.4, 0.5) is 0 Å². The van der Waals surface area contributed by atoms with Crippen molar-refractivity contribution in [2.24, 2.45) is 5.92 Å². The van der Waals surface area contributed by atoms with Crippen LogP contribution in [0.1, 0.15) is 31.7 Å². The smallest absolute Gasteiger partial charge is 0.330 e. The first-order valence-corrected chi connectivity index (χ1v) is 6.65. The molecule has 1 heterocycles. The normalized spacial score (nSPS) is 28.6. The predicted octanol–water partition coefficient (Wildman–Crippen LogP) is 1.57. The molecular weight excluding hydrogens is 258 g/mol. The van der Waals surface area contributed by atoms with Gasteiger partial charge in [-0.1, -0.05) is 37.3 Å². The zero-order valence-electron chi connectivity index (χ0n) is 11.2. The highest BCUT2D eigenvalue weighted by Gasteiger charge is 2.57. The lowest BCUT2D eigenvalue weighted by Gasteiger charge is -2.15. The maximum absolute atomic E-state index is 12.1. The lowest BCUT2D eigenvalue weighted by Crippen LogP contribution is -2.33. The average Bonchev–Trinajstić information content (AvgIpc) is 3.07. The topological polar surface area (TPSA) is 63.7 Å². The Morgan fingerprint density at radius 3 is 2.40 bits per heavy atom. The van der Waals surface area contributed by atoms with E-state index in [1.54, 1.807) is 0 Å². The van der Waals surface area contributed by atoms with Gasteiger partial charge in [-0.3, -0.25) is 9.59 Å². The first-order chi connectivity index (χ1) is 9.52. The van der Waals surface area contributed by atoms with Crippen LogP contribution in [0, 0.1) is 5.92 Å². The van der Waals surface area contributed by atoms with Crippen molar-refractivity contribution in [1.29, 1.82) is 0 Å². The fourth-order valence-electron chi connectivity index (χ4n) is 2.66. The fourth-order valence-corrected chi connectivity index (χ4v) is 2.66. The largest absolute Gasteiger partial charge is 0.337 e. The van der Waals surface area contributed by atoms with Crippen molar-refractivity contribution in [3.8, 4) is 0 Å². The number of hydrogen-bond donors (Lipinski definition) is 0. The first-order valence-electron chi connectivity index (χ1n) is 6.65. The minimum Gasteiger partial charge on any atom is -0.330 e. The van der Waals surface area contributed by atoms with Gasteiger partial charge in [-0.05, 0) is 12.0 Å². The molecule has 1 aliphatic carbocycles.